The molecule has 0 aliphatic rings. The lowest BCUT2D eigenvalue weighted by atomic mass is 9.86. The van der Waals surface area contributed by atoms with E-state index in [9.17, 15) is 0 Å². The van der Waals surface area contributed by atoms with E-state index < -0.39 is 7.12 Å². The van der Waals surface area contributed by atoms with Crippen LogP contribution in [0.4, 0.5) is 0 Å². The number of halogens is 1. The van der Waals surface area contributed by atoms with Gasteiger partial charge in [0.25, 0.3) is 0 Å². The average molecular weight is 210 g/mol. The lowest BCUT2D eigenvalue weighted by Gasteiger charge is -2.01. The van der Waals surface area contributed by atoms with Gasteiger partial charge in [0.15, 0.2) is 0 Å². The molecule has 0 aromatic carbocycles. The number of pyridine rings is 1. The minimum absolute atomic E-state index is 0.391. The Morgan fingerprint density at radius 1 is 1.43 bits per heavy atom. The number of nitrogens with zero attached hydrogens (tertiary/aromatic N) is 2. The van der Waals surface area contributed by atoms with Crippen molar-refractivity contribution in [1.29, 1.82) is 0 Å². The van der Waals surface area contributed by atoms with Crippen LogP contribution in [0.1, 0.15) is 0 Å². The van der Waals surface area contributed by atoms with E-state index in [2.05, 4.69) is 4.98 Å². The molecule has 0 saturated heterocycles. The van der Waals surface area contributed by atoms with Crippen LogP contribution < -0.4 is 5.59 Å². The van der Waals surface area contributed by atoms with Gasteiger partial charge in [-0.25, -0.2) is 4.98 Å². The van der Waals surface area contributed by atoms with Gasteiger partial charge in [-0.3, -0.25) is 0 Å². The molecule has 0 bridgehead atoms. The van der Waals surface area contributed by atoms with E-state index in [1.165, 1.54) is 0 Å². The number of rotatable bonds is 1. The Bertz CT molecular complexity index is 483. The summed E-state index contributed by atoms with van der Waals surface area (Å²) >= 11 is 5.71. The predicted molar refractivity (Wildman–Crippen MR) is 55.5 cm³/mol. The molecule has 0 amide bonds. The highest BCUT2D eigenvalue weighted by molar-refractivity contribution is 6.58. The third-order valence-corrected chi connectivity index (χ3v) is 2.40. The first kappa shape index (κ1) is 9.52. The van der Waals surface area contributed by atoms with Crippen molar-refractivity contribution in [1.82, 2.24) is 9.55 Å². The van der Waals surface area contributed by atoms with Crippen LogP contribution >= 0.6 is 11.6 Å². The van der Waals surface area contributed by atoms with Crippen LogP contribution in [0.25, 0.3) is 10.9 Å². The molecule has 2 heterocycles. The fourth-order valence-corrected chi connectivity index (χ4v) is 1.64. The zero-order valence-corrected chi connectivity index (χ0v) is 8.23. The van der Waals surface area contributed by atoms with Crippen LogP contribution in [0.5, 0.6) is 0 Å². The van der Waals surface area contributed by atoms with E-state index in [4.69, 9.17) is 21.6 Å². The highest BCUT2D eigenvalue weighted by Gasteiger charge is 2.17. The highest BCUT2D eigenvalue weighted by Crippen LogP contribution is 2.16. The van der Waals surface area contributed by atoms with Crippen molar-refractivity contribution < 1.29 is 10.0 Å². The van der Waals surface area contributed by atoms with Gasteiger partial charge in [0.2, 0.25) is 0 Å². The highest BCUT2D eigenvalue weighted by atomic mass is 35.5. The molecule has 14 heavy (non-hydrogen) atoms. The monoisotopic (exact) mass is 210 g/mol. The van der Waals surface area contributed by atoms with Gasteiger partial charge >= 0.3 is 7.12 Å². The number of hydrogen-bond acceptors (Lipinski definition) is 3. The van der Waals surface area contributed by atoms with Crippen molar-refractivity contribution in [2.24, 2.45) is 7.05 Å². The smallest absolute Gasteiger partial charge is 0.422 e. The summed E-state index contributed by atoms with van der Waals surface area (Å²) in [5.41, 5.74) is 1.24. The number of aryl methyl sites for hydroxylation is 1. The van der Waals surface area contributed by atoms with Gasteiger partial charge in [0.1, 0.15) is 5.15 Å². The minimum atomic E-state index is -1.48. The van der Waals surface area contributed by atoms with Gasteiger partial charge in [-0.2, -0.15) is 0 Å². The van der Waals surface area contributed by atoms with Gasteiger partial charge in [0, 0.05) is 18.0 Å². The SMILES string of the molecule is Cn1c(B(O)O)cc2cc(Cl)ncc21. The van der Waals surface area contributed by atoms with Crippen molar-refractivity contribution in [2.75, 3.05) is 0 Å². The van der Waals surface area contributed by atoms with E-state index in [0.29, 0.717) is 10.7 Å². The summed E-state index contributed by atoms with van der Waals surface area (Å²) in [5.74, 6) is 0. The Morgan fingerprint density at radius 2 is 2.14 bits per heavy atom. The topological polar surface area (TPSA) is 58.3 Å². The normalized spacial score (nSPS) is 10.9. The maximum Gasteiger partial charge on any atom is 0.505 e. The summed E-state index contributed by atoms with van der Waals surface area (Å²) in [4.78, 5) is 3.92. The maximum absolute atomic E-state index is 9.06. The second kappa shape index (κ2) is 3.27. The summed E-state index contributed by atoms with van der Waals surface area (Å²) in [6, 6.07) is 3.36. The molecule has 0 radical (unpaired) electrons. The van der Waals surface area contributed by atoms with E-state index in [1.807, 2.05) is 0 Å². The molecular formula is C8H8BClN2O2. The van der Waals surface area contributed by atoms with E-state index in [-0.39, 0.29) is 0 Å². The van der Waals surface area contributed by atoms with E-state index >= 15 is 0 Å². The fraction of sp³-hybridized carbons (Fsp3) is 0.125. The standard InChI is InChI=1S/C8H8BClN2O2/c1-12-6-4-11-8(10)3-5(6)2-7(12)9(13)14/h2-4,13-14H,1H3. The average Bonchev–Trinajstić information content (AvgIpc) is 2.43. The Morgan fingerprint density at radius 3 is 2.79 bits per heavy atom. The molecule has 0 aliphatic heterocycles. The molecule has 6 heteroatoms. The quantitative estimate of drug-likeness (QED) is 0.511. The number of fused-ring (bicyclic) bond motifs is 1. The van der Waals surface area contributed by atoms with E-state index in [0.717, 1.165) is 10.9 Å². The zero-order valence-electron chi connectivity index (χ0n) is 7.48. The van der Waals surface area contributed by atoms with Gasteiger partial charge in [-0.1, -0.05) is 11.6 Å². The molecule has 2 aromatic rings. The lowest BCUT2D eigenvalue weighted by Crippen LogP contribution is -2.34. The first-order valence-electron chi connectivity index (χ1n) is 4.06. The Labute approximate surface area is 85.9 Å². The second-order valence-corrected chi connectivity index (χ2v) is 3.45. The van der Waals surface area contributed by atoms with E-state index in [1.54, 1.807) is 29.9 Å². The van der Waals surface area contributed by atoms with Crippen molar-refractivity contribution in [2.45, 2.75) is 0 Å². The molecule has 0 aliphatic carbocycles. The Balaban J connectivity index is 2.73. The molecule has 2 rings (SSSR count). The van der Waals surface area contributed by atoms with Crippen molar-refractivity contribution in [3.63, 3.8) is 0 Å². The minimum Gasteiger partial charge on any atom is -0.422 e. The zero-order chi connectivity index (χ0) is 10.3. The second-order valence-electron chi connectivity index (χ2n) is 3.07. The van der Waals surface area contributed by atoms with Crippen LogP contribution in [-0.2, 0) is 7.05 Å². The molecule has 0 saturated carbocycles. The summed E-state index contributed by atoms with van der Waals surface area (Å²) in [6.45, 7) is 0. The third kappa shape index (κ3) is 1.39. The van der Waals surface area contributed by atoms with Crippen molar-refractivity contribution >= 4 is 35.2 Å². The number of aromatic nitrogens is 2. The largest absolute Gasteiger partial charge is 0.505 e. The Hall–Kier alpha value is -1.04. The Kier molecular flexibility index (Phi) is 2.22. The van der Waals surface area contributed by atoms with Gasteiger partial charge in [-0.15, -0.1) is 0 Å². The van der Waals surface area contributed by atoms with Crippen LogP contribution in [0, 0.1) is 0 Å². The van der Waals surface area contributed by atoms with Crippen LogP contribution in [0.3, 0.4) is 0 Å². The van der Waals surface area contributed by atoms with Gasteiger partial charge in [0.05, 0.1) is 11.7 Å². The predicted octanol–water partition coefficient (Wildman–Crippen LogP) is -0.0935. The lowest BCUT2D eigenvalue weighted by molar-refractivity contribution is 0.423. The summed E-state index contributed by atoms with van der Waals surface area (Å²) in [5, 5.41) is 19.3. The number of hydrogen-bond donors (Lipinski definition) is 2. The molecule has 4 nitrogen and oxygen atoms in total. The van der Waals surface area contributed by atoms with Crippen LogP contribution in [-0.4, -0.2) is 26.7 Å². The summed E-state index contributed by atoms with van der Waals surface area (Å²) in [7, 11) is 0.262. The van der Waals surface area contributed by atoms with Crippen molar-refractivity contribution in [3.8, 4) is 0 Å². The van der Waals surface area contributed by atoms with Crippen LogP contribution in [0.2, 0.25) is 5.15 Å². The first-order chi connectivity index (χ1) is 6.59. The van der Waals surface area contributed by atoms with Gasteiger partial charge in [-0.05, 0) is 12.1 Å². The van der Waals surface area contributed by atoms with Gasteiger partial charge < -0.3 is 14.6 Å². The van der Waals surface area contributed by atoms with Crippen LogP contribution in [0.15, 0.2) is 18.3 Å². The molecule has 2 aromatic heterocycles. The molecule has 0 spiro atoms. The molecule has 0 unspecified atom stereocenters. The molecule has 0 fully saturated rings. The van der Waals surface area contributed by atoms with Crippen molar-refractivity contribution in [3.05, 3.63) is 23.5 Å². The molecule has 2 N–H and O–H groups in total. The molecule has 72 valence electrons. The molecule has 0 atom stereocenters. The maximum atomic E-state index is 9.06. The fourth-order valence-electron chi connectivity index (χ4n) is 1.48. The molecular weight excluding hydrogens is 202 g/mol. The first-order valence-corrected chi connectivity index (χ1v) is 4.44. The summed E-state index contributed by atoms with van der Waals surface area (Å²) < 4.78 is 1.67. The summed E-state index contributed by atoms with van der Waals surface area (Å²) in [6.07, 6.45) is 1.60. The third-order valence-electron chi connectivity index (χ3n) is 2.20.